The first-order valence-corrected chi connectivity index (χ1v) is 6.60. The topological polar surface area (TPSA) is 41.1 Å². The zero-order chi connectivity index (χ0) is 13.7. The van der Waals surface area contributed by atoms with Crippen LogP contribution in [0.2, 0.25) is 0 Å². The molecule has 6 heteroatoms. The Balaban J connectivity index is 0.00000200. The number of nitrogens with one attached hydrogen (secondary N) is 2. The lowest BCUT2D eigenvalue weighted by Crippen LogP contribution is -2.33. The molecule has 1 atom stereocenters. The van der Waals surface area contributed by atoms with Crippen molar-refractivity contribution in [2.75, 3.05) is 13.1 Å². The molecule has 1 aliphatic heterocycles. The van der Waals surface area contributed by atoms with Crippen molar-refractivity contribution < 1.29 is 13.6 Å². The minimum atomic E-state index is -0.563. The summed E-state index contributed by atoms with van der Waals surface area (Å²) in [5.74, 6) is -1.20. The van der Waals surface area contributed by atoms with Gasteiger partial charge in [-0.3, -0.25) is 4.79 Å². The van der Waals surface area contributed by atoms with Gasteiger partial charge in [0.1, 0.15) is 11.6 Å². The van der Waals surface area contributed by atoms with Crippen LogP contribution in [0.3, 0.4) is 0 Å². The maximum Gasteiger partial charge on any atom is 0.221 e. The molecular formula is C14H19ClF2N2O. The highest BCUT2D eigenvalue weighted by molar-refractivity contribution is 5.85. The lowest BCUT2D eigenvalue weighted by atomic mass is 10.1. The van der Waals surface area contributed by atoms with Gasteiger partial charge in [0.15, 0.2) is 0 Å². The number of rotatable bonds is 5. The van der Waals surface area contributed by atoms with Crippen LogP contribution in [-0.2, 0) is 11.2 Å². The molecule has 0 saturated carbocycles. The van der Waals surface area contributed by atoms with Crippen molar-refractivity contribution in [1.82, 2.24) is 10.6 Å². The van der Waals surface area contributed by atoms with Crippen molar-refractivity contribution in [1.29, 1.82) is 0 Å². The van der Waals surface area contributed by atoms with Gasteiger partial charge in [0, 0.05) is 24.6 Å². The summed E-state index contributed by atoms with van der Waals surface area (Å²) in [6, 6.07) is 4.02. The molecule has 1 heterocycles. The molecule has 0 radical (unpaired) electrons. The Kier molecular flexibility index (Phi) is 6.88. The van der Waals surface area contributed by atoms with Gasteiger partial charge < -0.3 is 10.6 Å². The van der Waals surface area contributed by atoms with Gasteiger partial charge in [-0.1, -0.05) is 6.07 Å². The highest BCUT2D eigenvalue weighted by Gasteiger charge is 2.17. The molecule has 2 N–H and O–H groups in total. The number of hydrogen-bond donors (Lipinski definition) is 2. The van der Waals surface area contributed by atoms with Gasteiger partial charge in [-0.15, -0.1) is 12.4 Å². The van der Waals surface area contributed by atoms with E-state index in [0.29, 0.717) is 6.42 Å². The first-order chi connectivity index (χ1) is 9.16. The van der Waals surface area contributed by atoms with E-state index in [4.69, 9.17) is 0 Å². The van der Waals surface area contributed by atoms with Crippen LogP contribution in [0.25, 0.3) is 0 Å². The Morgan fingerprint density at radius 2 is 2.05 bits per heavy atom. The summed E-state index contributed by atoms with van der Waals surface area (Å²) in [5, 5.41) is 5.93. The molecule has 20 heavy (non-hydrogen) atoms. The van der Waals surface area contributed by atoms with Crippen molar-refractivity contribution in [2.24, 2.45) is 0 Å². The van der Waals surface area contributed by atoms with Gasteiger partial charge in [0.05, 0.1) is 0 Å². The fourth-order valence-corrected chi connectivity index (χ4v) is 2.32. The molecule has 0 spiro atoms. The zero-order valence-corrected chi connectivity index (χ0v) is 11.9. The largest absolute Gasteiger partial charge is 0.356 e. The first-order valence-electron chi connectivity index (χ1n) is 6.60. The fraction of sp³-hybridized carbons (Fsp3) is 0.500. The third-order valence-corrected chi connectivity index (χ3v) is 3.35. The van der Waals surface area contributed by atoms with E-state index in [2.05, 4.69) is 10.6 Å². The molecule has 1 fully saturated rings. The van der Waals surface area contributed by atoms with Crippen molar-refractivity contribution in [2.45, 2.75) is 31.7 Å². The molecule has 1 aliphatic rings. The third kappa shape index (κ3) is 4.72. The maximum atomic E-state index is 13.3. The van der Waals surface area contributed by atoms with E-state index in [-0.39, 0.29) is 42.9 Å². The van der Waals surface area contributed by atoms with Crippen LogP contribution in [0.4, 0.5) is 8.78 Å². The van der Waals surface area contributed by atoms with Crippen LogP contribution in [-0.4, -0.2) is 25.0 Å². The monoisotopic (exact) mass is 304 g/mol. The summed E-state index contributed by atoms with van der Waals surface area (Å²) < 4.78 is 26.7. The Labute approximate surface area is 123 Å². The van der Waals surface area contributed by atoms with Gasteiger partial charge in [-0.25, -0.2) is 8.78 Å². The predicted molar refractivity (Wildman–Crippen MR) is 76.0 cm³/mol. The second-order valence-electron chi connectivity index (χ2n) is 4.80. The molecule has 1 unspecified atom stereocenters. The summed E-state index contributed by atoms with van der Waals surface area (Å²) in [6.07, 6.45) is 2.70. The SMILES string of the molecule is Cl.O=C(CC1CCCN1)NCCc1c(F)cccc1F. The van der Waals surface area contributed by atoms with Crippen LogP contribution >= 0.6 is 12.4 Å². The average molecular weight is 305 g/mol. The van der Waals surface area contributed by atoms with Crippen molar-refractivity contribution in [3.05, 3.63) is 35.4 Å². The molecule has 0 aromatic heterocycles. The quantitative estimate of drug-likeness (QED) is 0.875. The number of halogens is 3. The van der Waals surface area contributed by atoms with E-state index in [9.17, 15) is 13.6 Å². The number of carbonyl (C=O) groups is 1. The fourth-order valence-electron chi connectivity index (χ4n) is 2.32. The first kappa shape index (κ1) is 16.9. The van der Waals surface area contributed by atoms with Gasteiger partial charge in [0.2, 0.25) is 5.91 Å². The summed E-state index contributed by atoms with van der Waals surface area (Å²) in [7, 11) is 0. The van der Waals surface area contributed by atoms with Gasteiger partial charge in [-0.2, -0.15) is 0 Å². The van der Waals surface area contributed by atoms with E-state index in [1.54, 1.807) is 0 Å². The predicted octanol–water partition coefficient (Wildman–Crippen LogP) is 2.19. The Bertz CT molecular complexity index is 431. The van der Waals surface area contributed by atoms with Crippen LogP contribution in [0.15, 0.2) is 18.2 Å². The normalized spacial score (nSPS) is 17.6. The second kappa shape index (κ2) is 8.17. The van der Waals surface area contributed by atoms with Gasteiger partial charge in [0.25, 0.3) is 0 Å². The lowest BCUT2D eigenvalue weighted by Gasteiger charge is -2.10. The summed E-state index contributed by atoms with van der Waals surface area (Å²) in [6.45, 7) is 1.21. The summed E-state index contributed by atoms with van der Waals surface area (Å²) in [5.41, 5.74) is 0.0294. The standard InChI is InChI=1S/C14H18F2N2O.ClH/c15-12-4-1-5-13(16)11(12)6-8-18-14(19)9-10-3-2-7-17-10;/h1,4-5,10,17H,2-3,6-9H2,(H,18,19);1H. The minimum absolute atomic E-state index is 0. The smallest absolute Gasteiger partial charge is 0.221 e. The molecule has 1 aromatic carbocycles. The highest BCUT2D eigenvalue weighted by Crippen LogP contribution is 2.12. The van der Waals surface area contributed by atoms with E-state index in [1.165, 1.54) is 18.2 Å². The second-order valence-corrected chi connectivity index (χ2v) is 4.80. The molecule has 1 amide bonds. The number of benzene rings is 1. The van der Waals surface area contributed by atoms with Gasteiger partial charge in [-0.05, 0) is 37.9 Å². The Hall–Kier alpha value is -1.20. The number of carbonyl (C=O) groups excluding carboxylic acids is 1. The molecule has 0 bridgehead atoms. The number of amides is 1. The van der Waals surface area contributed by atoms with Gasteiger partial charge >= 0.3 is 0 Å². The van der Waals surface area contributed by atoms with Crippen molar-refractivity contribution >= 4 is 18.3 Å². The van der Waals surface area contributed by atoms with E-state index >= 15 is 0 Å². The van der Waals surface area contributed by atoms with E-state index < -0.39 is 11.6 Å². The Morgan fingerprint density at radius 3 is 2.65 bits per heavy atom. The van der Waals surface area contributed by atoms with Crippen LogP contribution in [0, 0.1) is 11.6 Å². The molecule has 0 aliphatic carbocycles. The summed E-state index contributed by atoms with van der Waals surface area (Å²) >= 11 is 0. The van der Waals surface area contributed by atoms with E-state index in [1.807, 2.05) is 0 Å². The minimum Gasteiger partial charge on any atom is -0.356 e. The third-order valence-electron chi connectivity index (χ3n) is 3.35. The van der Waals surface area contributed by atoms with Crippen LogP contribution in [0.1, 0.15) is 24.8 Å². The molecule has 1 saturated heterocycles. The molecule has 2 rings (SSSR count). The molecule has 112 valence electrons. The summed E-state index contributed by atoms with van der Waals surface area (Å²) in [4.78, 5) is 11.6. The van der Waals surface area contributed by atoms with E-state index in [0.717, 1.165) is 19.4 Å². The molecule has 3 nitrogen and oxygen atoms in total. The van der Waals surface area contributed by atoms with Crippen LogP contribution < -0.4 is 10.6 Å². The van der Waals surface area contributed by atoms with Crippen molar-refractivity contribution in [3.8, 4) is 0 Å². The molecular weight excluding hydrogens is 286 g/mol. The zero-order valence-electron chi connectivity index (χ0n) is 11.1. The average Bonchev–Trinajstić information content (AvgIpc) is 2.85. The molecule has 1 aromatic rings. The lowest BCUT2D eigenvalue weighted by molar-refractivity contribution is -0.121. The Morgan fingerprint density at radius 1 is 1.35 bits per heavy atom. The number of hydrogen-bond acceptors (Lipinski definition) is 2. The van der Waals surface area contributed by atoms with Crippen LogP contribution in [0.5, 0.6) is 0 Å². The maximum absolute atomic E-state index is 13.3. The van der Waals surface area contributed by atoms with Crippen molar-refractivity contribution in [3.63, 3.8) is 0 Å². The highest BCUT2D eigenvalue weighted by atomic mass is 35.5.